The first kappa shape index (κ1) is 18.5. The van der Waals surface area contributed by atoms with Crippen LogP contribution in [0.2, 0.25) is 0 Å². The minimum atomic E-state index is 0.460. The lowest BCUT2D eigenvalue weighted by atomic mass is 10.1. The van der Waals surface area contributed by atoms with Crippen molar-refractivity contribution < 1.29 is 9.47 Å². The van der Waals surface area contributed by atoms with Gasteiger partial charge in [-0.25, -0.2) is 0 Å². The summed E-state index contributed by atoms with van der Waals surface area (Å²) < 4.78 is 10.6. The fourth-order valence-corrected chi connectivity index (χ4v) is 3.13. The second-order valence-electron chi connectivity index (χ2n) is 6.39. The van der Waals surface area contributed by atoms with Crippen molar-refractivity contribution in [2.24, 2.45) is 0 Å². The first-order valence-electron chi connectivity index (χ1n) is 9.24. The van der Waals surface area contributed by atoms with Gasteiger partial charge in [0.2, 0.25) is 5.95 Å². The van der Waals surface area contributed by atoms with Crippen LogP contribution in [0.5, 0.6) is 11.5 Å². The number of benzene rings is 2. The van der Waals surface area contributed by atoms with Crippen LogP contribution >= 0.6 is 0 Å². The molecule has 3 N–H and O–H groups in total. The van der Waals surface area contributed by atoms with Crippen molar-refractivity contribution in [2.45, 2.75) is 6.42 Å². The third-order valence-electron chi connectivity index (χ3n) is 4.58. The fraction of sp³-hybridized carbons (Fsp3) is 0.190. The quantitative estimate of drug-likeness (QED) is 0.421. The molecule has 4 rings (SSSR count). The number of hydrogen-bond acceptors (Lipinski definition) is 7. The van der Waals surface area contributed by atoms with Crippen molar-refractivity contribution in [3.8, 4) is 11.5 Å². The Hall–Kier alpha value is -3.81. The zero-order valence-electron chi connectivity index (χ0n) is 16.3. The van der Waals surface area contributed by atoms with Gasteiger partial charge in [0.25, 0.3) is 0 Å². The van der Waals surface area contributed by atoms with Crippen molar-refractivity contribution in [2.75, 3.05) is 31.4 Å². The maximum Gasteiger partial charge on any atom is 0.244 e. The second kappa shape index (κ2) is 8.47. The van der Waals surface area contributed by atoms with Crippen LogP contribution in [-0.2, 0) is 6.42 Å². The Bertz CT molecular complexity index is 1110. The fourth-order valence-electron chi connectivity index (χ4n) is 3.13. The molecule has 0 fully saturated rings. The highest BCUT2D eigenvalue weighted by Gasteiger charge is 2.08. The molecule has 0 saturated heterocycles. The summed E-state index contributed by atoms with van der Waals surface area (Å²) in [4.78, 5) is 7.77. The van der Waals surface area contributed by atoms with Crippen LogP contribution in [0, 0.1) is 0 Å². The lowest BCUT2D eigenvalue weighted by Crippen LogP contribution is -2.09. The average Bonchev–Trinajstić information content (AvgIpc) is 3.17. The van der Waals surface area contributed by atoms with E-state index in [1.807, 2.05) is 30.5 Å². The monoisotopic (exact) mass is 390 g/mol. The Labute approximate surface area is 168 Å². The van der Waals surface area contributed by atoms with Crippen molar-refractivity contribution in [1.82, 2.24) is 20.2 Å². The highest BCUT2D eigenvalue weighted by Crippen LogP contribution is 2.30. The standard InChI is InChI=1S/C21H22N6O2/c1-28-15-7-8-18(19(11-15)29-2)25-20-13-24-27-21(26-20)22-10-9-14-12-23-17-6-4-3-5-16(14)17/h3-8,11-13,23H,9-10H2,1-2H3,(H2,22,25,26,27). The number of H-pyrrole nitrogens is 1. The number of fused-ring (bicyclic) bond motifs is 1. The molecular weight excluding hydrogens is 368 g/mol. The molecule has 0 atom stereocenters. The predicted octanol–water partition coefficient (Wildman–Crippen LogP) is 3.77. The summed E-state index contributed by atoms with van der Waals surface area (Å²) in [6.07, 6.45) is 4.45. The number of hydrogen-bond donors (Lipinski definition) is 3. The molecule has 29 heavy (non-hydrogen) atoms. The van der Waals surface area contributed by atoms with Gasteiger partial charge in [-0.05, 0) is 30.2 Å². The minimum absolute atomic E-state index is 0.460. The van der Waals surface area contributed by atoms with Crippen LogP contribution in [0.1, 0.15) is 5.56 Å². The molecule has 2 heterocycles. The normalized spacial score (nSPS) is 10.7. The molecule has 0 aliphatic rings. The van der Waals surface area contributed by atoms with E-state index in [9.17, 15) is 0 Å². The molecule has 0 saturated carbocycles. The first-order valence-corrected chi connectivity index (χ1v) is 9.24. The molecule has 148 valence electrons. The molecule has 0 unspecified atom stereocenters. The topological polar surface area (TPSA) is 97.0 Å². The number of methoxy groups -OCH3 is 2. The van der Waals surface area contributed by atoms with Crippen LogP contribution in [0.15, 0.2) is 54.9 Å². The smallest absolute Gasteiger partial charge is 0.244 e. The maximum atomic E-state index is 5.41. The van der Waals surface area contributed by atoms with Gasteiger partial charge in [0.05, 0.1) is 26.1 Å². The minimum Gasteiger partial charge on any atom is -0.497 e. The Balaban J connectivity index is 1.41. The molecular formula is C21H22N6O2. The summed E-state index contributed by atoms with van der Waals surface area (Å²) in [7, 11) is 3.22. The third-order valence-corrected chi connectivity index (χ3v) is 4.58. The largest absolute Gasteiger partial charge is 0.497 e. The molecule has 0 bridgehead atoms. The Morgan fingerprint density at radius 1 is 1.07 bits per heavy atom. The van der Waals surface area contributed by atoms with E-state index >= 15 is 0 Å². The van der Waals surface area contributed by atoms with Crippen molar-refractivity contribution >= 4 is 28.4 Å². The van der Waals surface area contributed by atoms with E-state index in [2.05, 4.69) is 42.9 Å². The van der Waals surface area contributed by atoms with E-state index in [4.69, 9.17) is 9.47 Å². The van der Waals surface area contributed by atoms with Crippen molar-refractivity contribution in [3.63, 3.8) is 0 Å². The number of anilines is 3. The van der Waals surface area contributed by atoms with E-state index in [1.165, 1.54) is 10.9 Å². The molecule has 2 aromatic carbocycles. The average molecular weight is 390 g/mol. The first-order chi connectivity index (χ1) is 14.3. The van der Waals surface area contributed by atoms with Crippen LogP contribution in [0.4, 0.5) is 17.5 Å². The number of nitrogens with one attached hydrogen (secondary N) is 3. The van der Waals surface area contributed by atoms with Gasteiger partial charge in [0.15, 0.2) is 5.82 Å². The predicted molar refractivity (Wildman–Crippen MR) is 113 cm³/mol. The van der Waals surface area contributed by atoms with Crippen LogP contribution in [0.3, 0.4) is 0 Å². The van der Waals surface area contributed by atoms with E-state index in [-0.39, 0.29) is 0 Å². The van der Waals surface area contributed by atoms with Gasteiger partial charge in [-0.3, -0.25) is 0 Å². The Kier molecular flexibility index (Phi) is 5.42. The number of rotatable bonds is 8. The molecule has 4 aromatic rings. The van der Waals surface area contributed by atoms with Crippen LogP contribution in [-0.4, -0.2) is 40.9 Å². The van der Waals surface area contributed by atoms with Gasteiger partial charge >= 0.3 is 0 Å². The van der Waals surface area contributed by atoms with Gasteiger partial charge < -0.3 is 25.1 Å². The third kappa shape index (κ3) is 4.21. The highest BCUT2D eigenvalue weighted by molar-refractivity contribution is 5.83. The number of nitrogens with zero attached hydrogens (tertiary/aromatic N) is 3. The molecule has 0 spiro atoms. The summed E-state index contributed by atoms with van der Waals surface area (Å²) >= 11 is 0. The molecule has 0 aliphatic carbocycles. The van der Waals surface area contributed by atoms with Gasteiger partial charge in [0.1, 0.15) is 11.5 Å². The summed E-state index contributed by atoms with van der Waals surface area (Å²) in [5.41, 5.74) is 3.15. The van der Waals surface area contributed by atoms with Crippen LogP contribution < -0.4 is 20.1 Å². The molecule has 0 aliphatic heterocycles. The van der Waals surface area contributed by atoms with E-state index < -0.39 is 0 Å². The summed E-state index contributed by atoms with van der Waals surface area (Å²) in [6, 6.07) is 13.8. The lowest BCUT2D eigenvalue weighted by Gasteiger charge is -2.12. The van der Waals surface area contributed by atoms with E-state index in [1.54, 1.807) is 26.5 Å². The Morgan fingerprint density at radius 3 is 2.83 bits per heavy atom. The van der Waals surface area contributed by atoms with Crippen molar-refractivity contribution in [1.29, 1.82) is 0 Å². The number of aromatic nitrogens is 4. The number of aromatic amines is 1. The second-order valence-corrected chi connectivity index (χ2v) is 6.39. The number of ether oxygens (including phenoxy) is 2. The van der Waals surface area contributed by atoms with Gasteiger partial charge in [-0.15, -0.1) is 5.10 Å². The highest BCUT2D eigenvalue weighted by atomic mass is 16.5. The lowest BCUT2D eigenvalue weighted by molar-refractivity contribution is 0.395. The Morgan fingerprint density at radius 2 is 1.97 bits per heavy atom. The van der Waals surface area contributed by atoms with E-state index in [0.717, 1.165) is 17.6 Å². The van der Waals surface area contributed by atoms with Gasteiger partial charge in [0, 0.05) is 29.7 Å². The summed E-state index contributed by atoms with van der Waals surface area (Å²) in [5.74, 6) is 2.39. The molecule has 0 amide bonds. The summed E-state index contributed by atoms with van der Waals surface area (Å²) in [6.45, 7) is 0.693. The van der Waals surface area contributed by atoms with Gasteiger partial charge in [-0.2, -0.15) is 10.1 Å². The summed E-state index contributed by atoms with van der Waals surface area (Å²) in [5, 5.41) is 15.8. The van der Waals surface area contributed by atoms with E-state index in [0.29, 0.717) is 29.8 Å². The SMILES string of the molecule is COc1ccc(Nc2cnnc(NCCc3c[nH]c4ccccc34)n2)c(OC)c1. The van der Waals surface area contributed by atoms with Gasteiger partial charge in [-0.1, -0.05) is 18.2 Å². The van der Waals surface area contributed by atoms with Crippen LogP contribution in [0.25, 0.3) is 10.9 Å². The van der Waals surface area contributed by atoms with Crippen molar-refractivity contribution in [3.05, 3.63) is 60.4 Å². The number of para-hydroxylation sites is 1. The maximum absolute atomic E-state index is 5.41. The molecule has 0 radical (unpaired) electrons. The molecule has 8 heteroatoms. The zero-order valence-corrected chi connectivity index (χ0v) is 16.3. The molecule has 8 nitrogen and oxygen atoms in total. The zero-order chi connectivity index (χ0) is 20.1. The molecule has 2 aromatic heterocycles.